The van der Waals surface area contributed by atoms with E-state index in [0.29, 0.717) is 10.8 Å². The van der Waals surface area contributed by atoms with Gasteiger partial charge in [0.15, 0.2) is 5.13 Å². The van der Waals surface area contributed by atoms with Gasteiger partial charge in [0.25, 0.3) is 0 Å². The van der Waals surface area contributed by atoms with Crippen molar-refractivity contribution < 1.29 is 14.7 Å². The van der Waals surface area contributed by atoms with Gasteiger partial charge in [-0.15, -0.1) is 11.3 Å². The number of nitrogens with one attached hydrogen (secondary N) is 1. The van der Waals surface area contributed by atoms with Gasteiger partial charge in [0.05, 0.1) is 5.69 Å². The van der Waals surface area contributed by atoms with Gasteiger partial charge in [-0.1, -0.05) is 0 Å². The molecule has 3 rings (SSSR count). The van der Waals surface area contributed by atoms with Gasteiger partial charge in [-0.3, -0.25) is 9.48 Å². The van der Waals surface area contributed by atoms with E-state index < -0.39 is 11.9 Å². The Morgan fingerprint density at radius 2 is 2.09 bits per heavy atom. The number of anilines is 1. The molecular formula is C13H12N6O3S. The number of hydrogen-bond acceptors (Lipinski definition) is 6. The molecule has 1 amide bonds. The molecule has 0 aromatic carbocycles. The molecule has 0 fully saturated rings. The van der Waals surface area contributed by atoms with Crippen molar-refractivity contribution in [2.45, 2.75) is 6.54 Å². The molecule has 3 heterocycles. The van der Waals surface area contributed by atoms with Gasteiger partial charge in [0.1, 0.15) is 17.9 Å². The third-order valence-corrected chi connectivity index (χ3v) is 3.82. The molecule has 0 bridgehead atoms. The molecule has 9 nitrogen and oxygen atoms in total. The Labute approximate surface area is 134 Å². The lowest BCUT2D eigenvalue weighted by atomic mass is 10.3. The number of nitrogens with zero attached hydrogens (tertiary/aromatic N) is 5. The normalized spacial score (nSPS) is 10.7. The number of amides is 1. The van der Waals surface area contributed by atoms with Crippen LogP contribution in [-0.2, 0) is 18.4 Å². The number of rotatable bonds is 5. The van der Waals surface area contributed by atoms with E-state index in [1.165, 1.54) is 23.6 Å². The van der Waals surface area contributed by atoms with Gasteiger partial charge in [-0.05, 0) is 12.1 Å². The fourth-order valence-electron chi connectivity index (χ4n) is 2.01. The summed E-state index contributed by atoms with van der Waals surface area (Å²) >= 11 is 1.28. The average molecular weight is 332 g/mol. The van der Waals surface area contributed by atoms with Crippen LogP contribution in [0.4, 0.5) is 5.13 Å². The SMILES string of the molecule is Cn1nccc1-c1csc(NC(=O)Cn2nccc2C(=O)O)n1. The summed E-state index contributed by atoms with van der Waals surface area (Å²) in [4.78, 5) is 27.3. The van der Waals surface area contributed by atoms with E-state index in [1.807, 2.05) is 11.4 Å². The quantitative estimate of drug-likeness (QED) is 0.722. The molecule has 23 heavy (non-hydrogen) atoms. The predicted octanol–water partition coefficient (Wildman–Crippen LogP) is 1.08. The summed E-state index contributed by atoms with van der Waals surface area (Å²) in [6.07, 6.45) is 3.00. The molecule has 0 spiro atoms. The van der Waals surface area contributed by atoms with Crippen LogP contribution in [0.1, 0.15) is 10.5 Å². The van der Waals surface area contributed by atoms with E-state index in [-0.39, 0.29) is 12.2 Å². The monoisotopic (exact) mass is 332 g/mol. The summed E-state index contributed by atoms with van der Waals surface area (Å²) in [5.41, 5.74) is 1.49. The van der Waals surface area contributed by atoms with Gasteiger partial charge < -0.3 is 10.4 Å². The first-order chi connectivity index (χ1) is 11.0. The van der Waals surface area contributed by atoms with Crippen molar-refractivity contribution in [2.24, 2.45) is 7.05 Å². The second-order valence-corrected chi connectivity index (χ2v) is 5.46. The molecule has 0 saturated heterocycles. The van der Waals surface area contributed by atoms with E-state index >= 15 is 0 Å². The van der Waals surface area contributed by atoms with Crippen LogP contribution in [0.2, 0.25) is 0 Å². The van der Waals surface area contributed by atoms with Crippen molar-refractivity contribution in [1.82, 2.24) is 24.5 Å². The maximum atomic E-state index is 12.0. The molecule has 0 saturated carbocycles. The molecule has 3 aromatic rings. The molecule has 0 aliphatic rings. The number of aromatic nitrogens is 5. The molecular weight excluding hydrogens is 320 g/mol. The number of carbonyl (C=O) groups is 2. The first-order valence-electron chi connectivity index (χ1n) is 6.53. The number of aromatic carboxylic acids is 1. The maximum Gasteiger partial charge on any atom is 0.354 e. The number of carboxylic acid groups (broad SMARTS) is 1. The van der Waals surface area contributed by atoms with E-state index in [4.69, 9.17) is 5.11 Å². The first kappa shape index (κ1) is 14.9. The minimum Gasteiger partial charge on any atom is -0.477 e. The van der Waals surface area contributed by atoms with Crippen molar-refractivity contribution in [3.63, 3.8) is 0 Å². The highest BCUT2D eigenvalue weighted by Gasteiger charge is 2.15. The first-order valence-corrected chi connectivity index (χ1v) is 7.41. The van der Waals surface area contributed by atoms with Crippen molar-refractivity contribution in [3.05, 3.63) is 35.6 Å². The lowest BCUT2D eigenvalue weighted by molar-refractivity contribution is -0.116. The Hall–Kier alpha value is -3.01. The summed E-state index contributed by atoms with van der Waals surface area (Å²) in [5.74, 6) is -1.54. The summed E-state index contributed by atoms with van der Waals surface area (Å²) in [7, 11) is 1.80. The number of carboxylic acids is 1. The fourth-order valence-corrected chi connectivity index (χ4v) is 2.73. The average Bonchev–Trinajstić information content (AvgIpc) is 3.19. The van der Waals surface area contributed by atoms with Crippen LogP contribution >= 0.6 is 11.3 Å². The summed E-state index contributed by atoms with van der Waals surface area (Å²) in [6.45, 7) is -0.199. The van der Waals surface area contributed by atoms with Crippen molar-refractivity contribution in [2.75, 3.05) is 5.32 Å². The predicted molar refractivity (Wildman–Crippen MR) is 82.1 cm³/mol. The van der Waals surface area contributed by atoms with E-state index in [1.54, 1.807) is 17.9 Å². The topological polar surface area (TPSA) is 115 Å². The van der Waals surface area contributed by atoms with Crippen LogP contribution in [0.3, 0.4) is 0 Å². The zero-order valence-corrected chi connectivity index (χ0v) is 12.8. The smallest absolute Gasteiger partial charge is 0.354 e. The largest absolute Gasteiger partial charge is 0.477 e. The number of thiazole rings is 1. The van der Waals surface area contributed by atoms with Crippen LogP contribution in [0.5, 0.6) is 0 Å². The van der Waals surface area contributed by atoms with E-state index in [2.05, 4.69) is 20.5 Å². The molecule has 0 radical (unpaired) electrons. The summed E-state index contributed by atoms with van der Waals surface area (Å²) < 4.78 is 2.80. The van der Waals surface area contributed by atoms with Gasteiger partial charge in [0, 0.05) is 24.8 Å². The molecule has 3 aromatic heterocycles. The van der Waals surface area contributed by atoms with Crippen LogP contribution in [-0.4, -0.2) is 41.5 Å². The number of aryl methyl sites for hydroxylation is 1. The Balaban J connectivity index is 1.69. The standard InChI is InChI=1S/C13H12N6O3S/c1-18-9(2-4-14-18)8-7-23-13(16-8)17-11(20)6-19-10(12(21)22)3-5-15-19/h2-5,7H,6H2,1H3,(H,21,22)(H,16,17,20). The van der Waals surface area contributed by atoms with E-state index in [9.17, 15) is 9.59 Å². The van der Waals surface area contributed by atoms with Crippen LogP contribution in [0, 0.1) is 0 Å². The highest BCUT2D eigenvalue weighted by molar-refractivity contribution is 7.14. The fraction of sp³-hybridized carbons (Fsp3) is 0.154. The Morgan fingerprint density at radius 1 is 1.30 bits per heavy atom. The molecule has 0 aliphatic carbocycles. The summed E-state index contributed by atoms with van der Waals surface area (Å²) in [5, 5.41) is 21.7. The van der Waals surface area contributed by atoms with Crippen molar-refractivity contribution in [3.8, 4) is 11.4 Å². The second kappa shape index (κ2) is 6.01. The van der Waals surface area contributed by atoms with Crippen molar-refractivity contribution in [1.29, 1.82) is 0 Å². The van der Waals surface area contributed by atoms with Gasteiger partial charge in [-0.2, -0.15) is 10.2 Å². The minimum absolute atomic E-state index is 0.0464. The third-order valence-electron chi connectivity index (χ3n) is 3.06. The molecule has 0 unspecified atom stereocenters. The number of hydrogen-bond donors (Lipinski definition) is 2. The zero-order chi connectivity index (χ0) is 16.4. The minimum atomic E-state index is -1.14. The number of carbonyl (C=O) groups excluding carboxylic acids is 1. The van der Waals surface area contributed by atoms with E-state index in [0.717, 1.165) is 10.4 Å². The molecule has 2 N–H and O–H groups in total. The lowest BCUT2D eigenvalue weighted by Crippen LogP contribution is -2.22. The highest BCUT2D eigenvalue weighted by atomic mass is 32.1. The zero-order valence-electron chi connectivity index (χ0n) is 12.0. The van der Waals surface area contributed by atoms with Crippen LogP contribution in [0.25, 0.3) is 11.4 Å². The Bertz CT molecular complexity index is 865. The van der Waals surface area contributed by atoms with Crippen molar-refractivity contribution >= 4 is 28.3 Å². The molecule has 10 heteroatoms. The molecule has 0 aliphatic heterocycles. The Morgan fingerprint density at radius 3 is 2.78 bits per heavy atom. The second-order valence-electron chi connectivity index (χ2n) is 4.61. The highest BCUT2D eigenvalue weighted by Crippen LogP contribution is 2.24. The molecule has 118 valence electrons. The lowest BCUT2D eigenvalue weighted by Gasteiger charge is -2.04. The van der Waals surface area contributed by atoms with Crippen LogP contribution in [0.15, 0.2) is 29.9 Å². The molecule has 0 atom stereocenters. The Kier molecular flexibility index (Phi) is 3.89. The maximum absolute atomic E-state index is 12.0. The van der Waals surface area contributed by atoms with Gasteiger partial charge >= 0.3 is 5.97 Å². The summed E-state index contributed by atoms with van der Waals surface area (Å²) in [6, 6.07) is 3.16. The van der Waals surface area contributed by atoms with Crippen LogP contribution < -0.4 is 5.32 Å². The van der Waals surface area contributed by atoms with Gasteiger partial charge in [-0.25, -0.2) is 14.5 Å². The third kappa shape index (κ3) is 3.11. The van der Waals surface area contributed by atoms with Gasteiger partial charge in [0.2, 0.25) is 5.91 Å².